The largest absolute Gasteiger partial charge is 0.397 e. The lowest BCUT2D eigenvalue weighted by Crippen LogP contribution is -2.19. The van der Waals surface area contributed by atoms with E-state index in [1.165, 1.54) is 12.1 Å². The Hall–Kier alpha value is -2.56. The maximum atomic E-state index is 13.1. The number of amides is 1. The van der Waals surface area contributed by atoms with Crippen LogP contribution in [-0.2, 0) is 11.2 Å². The molecule has 1 aliphatic rings. The Morgan fingerprint density at radius 2 is 2.00 bits per heavy atom. The van der Waals surface area contributed by atoms with E-state index in [1.54, 1.807) is 12.1 Å². The Balaban J connectivity index is 1.94. The van der Waals surface area contributed by atoms with E-state index in [9.17, 15) is 9.18 Å². The van der Waals surface area contributed by atoms with Crippen molar-refractivity contribution < 1.29 is 9.18 Å². The molecule has 2 aromatic carbocycles. The molecular formula is C16H16FN3O. The van der Waals surface area contributed by atoms with Crippen LogP contribution in [0.5, 0.6) is 0 Å². The molecule has 1 amide bonds. The summed E-state index contributed by atoms with van der Waals surface area (Å²) in [7, 11) is 0. The summed E-state index contributed by atoms with van der Waals surface area (Å²) in [6, 6.07) is 8.26. The third-order valence-corrected chi connectivity index (χ3v) is 3.63. The van der Waals surface area contributed by atoms with Crippen LogP contribution in [0.2, 0.25) is 0 Å². The molecule has 4 nitrogen and oxygen atoms in total. The van der Waals surface area contributed by atoms with Crippen molar-refractivity contribution in [3.05, 3.63) is 47.3 Å². The van der Waals surface area contributed by atoms with Crippen LogP contribution in [0.15, 0.2) is 30.3 Å². The molecule has 1 heterocycles. The smallest absolute Gasteiger partial charge is 0.224 e. The first-order valence-corrected chi connectivity index (χ1v) is 6.78. The molecule has 0 bridgehead atoms. The van der Waals surface area contributed by atoms with Crippen LogP contribution in [-0.4, -0.2) is 5.91 Å². The van der Waals surface area contributed by atoms with Crippen molar-refractivity contribution in [3.63, 3.8) is 0 Å². The standard InChI is InChI=1S/C16H16FN3O/c1-9-6-11(17)3-4-13(9)19-15-7-10-2-5-16(21)20-14(10)8-12(15)18/h3-4,6-8,19H,2,5,18H2,1H3,(H,20,21). The lowest BCUT2D eigenvalue weighted by atomic mass is 10.0. The zero-order valence-electron chi connectivity index (χ0n) is 11.7. The molecule has 0 spiro atoms. The number of carbonyl (C=O) groups is 1. The predicted molar refractivity (Wildman–Crippen MR) is 82.2 cm³/mol. The lowest BCUT2D eigenvalue weighted by molar-refractivity contribution is -0.116. The number of rotatable bonds is 2. The number of hydrogen-bond donors (Lipinski definition) is 3. The van der Waals surface area contributed by atoms with Gasteiger partial charge in [-0.05, 0) is 54.8 Å². The lowest BCUT2D eigenvalue weighted by Gasteiger charge is -2.20. The highest BCUT2D eigenvalue weighted by Gasteiger charge is 2.17. The number of halogens is 1. The van der Waals surface area contributed by atoms with Gasteiger partial charge < -0.3 is 16.4 Å². The van der Waals surface area contributed by atoms with Crippen molar-refractivity contribution in [3.8, 4) is 0 Å². The number of fused-ring (bicyclic) bond motifs is 1. The quantitative estimate of drug-likeness (QED) is 0.741. The molecule has 0 aromatic heterocycles. The number of anilines is 4. The van der Waals surface area contributed by atoms with Gasteiger partial charge in [-0.25, -0.2) is 4.39 Å². The zero-order valence-corrected chi connectivity index (χ0v) is 11.7. The number of carbonyl (C=O) groups excluding carboxylic acids is 1. The summed E-state index contributed by atoms with van der Waals surface area (Å²) in [5.74, 6) is -0.254. The summed E-state index contributed by atoms with van der Waals surface area (Å²) >= 11 is 0. The van der Waals surface area contributed by atoms with Crippen molar-refractivity contribution in [2.75, 3.05) is 16.4 Å². The van der Waals surface area contributed by atoms with Gasteiger partial charge in [0.2, 0.25) is 5.91 Å². The maximum Gasteiger partial charge on any atom is 0.224 e. The number of hydrogen-bond acceptors (Lipinski definition) is 3. The molecular weight excluding hydrogens is 269 g/mol. The summed E-state index contributed by atoms with van der Waals surface area (Å²) in [6.07, 6.45) is 1.17. The van der Waals surface area contributed by atoms with Crippen LogP contribution in [0.1, 0.15) is 17.5 Å². The van der Waals surface area contributed by atoms with Gasteiger partial charge in [0, 0.05) is 17.8 Å². The normalized spacial score (nSPS) is 13.5. The van der Waals surface area contributed by atoms with E-state index < -0.39 is 0 Å². The highest BCUT2D eigenvalue weighted by atomic mass is 19.1. The van der Waals surface area contributed by atoms with Gasteiger partial charge in [-0.2, -0.15) is 0 Å². The first kappa shape index (κ1) is 13.4. The van der Waals surface area contributed by atoms with Crippen molar-refractivity contribution >= 4 is 28.7 Å². The molecule has 0 atom stereocenters. The minimum absolute atomic E-state index is 0.0111. The second-order valence-corrected chi connectivity index (χ2v) is 5.23. The van der Waals surface area contributed by atoms with E-state index in [2.05, 4.69) is 10.6 Å². The van der Waals surface area contributed by atoms with Crippen LogP contribution in [0.25, 0.3) is 0 Å². The minimum atomic E-state index is -0.265. The van der Waals surface area contributed by atoms with Gasteiger partial charge in [-0.3, -0.25) is 4.79 Å². The first-order valence-electron chi connectivity index (χ1n) is 6.78. The van der Waals surface area contributed by atoms with E-state index in [4.69, 9.17) is 5.73 Å². The van der Waals surface area contributed by atoms with Crippen molar-refractivity contribution in [1.82, 2.24) is 0 Å². The van der Waals surface area contributed by atoms with Gasteiger partial charge >= 0.3 is 0 Å². The molecule has 1 aliphatic heterocycles. The molecule has 108 valence electrons. The number of nitrogens with two attached hydrogens (primary N) is 1. The maximum absolute atomic E-state index is 13.1. The molecule has 3 rings (SSSR count). The monoisotopic (exact) mass is 285 g/mol. The van der Waals surface area contributed by atoms with E-state index in [0.717, 1.165) is 28.2 Å². The first-order chi connectivity index (χ1) is 10.0. The summed E-state index contributed by atoms with van der Waals surface area (Å²) in [4.78, 5) is 11.4. The average Bonchev–Trinajstić information content (AvgIpc) is 2.42. The van der Waals surface area contributed by atoms with Gasteiger partial charge in [-0.1, -0.05) is 0 Å². The third-order valence-electron chi connectivity index (χ3n) is 3.63. The molecule has 0 saturated carbocycles. The topological polar surface area (TPSA) is 67.2 Å². The molecule has 0 aliphatic carbocycles. The summed E-state index contributed by atoms with van der Waals surface area (Å²) in [5.41, 5.74) is 10.8. The van der Waals surface area contributed by atoms with Crippen LogP contribution in [0, 0.1) is 12.7 Å². The Kier molecular flexibility index (Phi) is 3.25. The molecule has 5 heteroatoms. The minimum Gasteiger partial charge on any atom is -0.397 e. The SMILES string of the molecule is Cc1cc(F)ccc1Nc1cc2c(cc1N)NC(=O)CC2. The summed E-state index contributed by atoms with van der Waals surface area (Å²) in [5, 5.41) is 6.04. The van der Waals surface area contributed by atoms with Gasteiger partial charge in [-0.15, -0.1) is 0 Å². The van der Waals surface area contributed by atoms with Gasteiger partial charge in [0.05, 0.1) is 11.4 Å². The van der Waals surface area contributed by atoms with Gasteiger partial charge in [0.15, 0.2) is 0 Å². The fraction of sp³-hybridized carbons (Fsp3) is 0.188. The highest BCUT2D eigenvalue weighted by Crippen LogP contribution is 2.33. The Bertz CT molecular complexity index is 728. The third kappa shape index (κ3) is 2.67. The zero-order chi connectivity index (χ0) is 15.0. The number of nitrogens with one attached hydrogen (secondary N) is 2. The molecule has 2 aromatic rings. The fourth-order valence-electron chi connectivity index (χ4n) is 2.47. The number of aryl methyl sites for hydroxylation is 2. The van der Waals surface area contributed by atoms with Crippen LogP contribution < -0.4 is 16.4 Å². The predicted octanol–water partition coefficient (Wildman–Crippen LogP) is 3.34. The molecule has 0 radical (unpaired) electrons. The van der Waals surface area contributed by atoms with Crippen LogP contribution >= 0.6 is 0 Å². The van der Waals surface area contributed by atoms with E-state index in [0.29, 0.717) is 18.5 Å². The molecule has 4 N–H and O–H groups in total. The molecule has 0 fully saturated rings. The van der Waals surface area contributed by atoms with E-state index >= 15 is 0 Å². The average molecular weight is 285 g/mol. The second kappa shape index (κ2) is 5.09. The van der Waals surface area contributed by atoms with E-state index in [-0.39, 0.29) is 11.7 Å². The Labute approximate surface area is 122 Å². The second-order valence-electron chi connectivity index (χ2n) is 5.23. The van der Waals surface area contributed by atoms with Crippen molar-refractivity contribution in [2.24, 2.45) is 0 Å². The molecule has 21 heavy (non-hydrogen) atoms. The molecule has 0 saturated heterocycles. The van der Waals surface area contributed by atoms with Crippen LogP contribution in [0.3, 0.4) is 0 Å². The fourth-order valence-corrected chi connectivity index (χ4v) is 2.47. The number of benzene rings is 2. The van der Waals surface area contributed by atoms with Crippen LogP contribution in [0.4, 0.5) is 27.1 Å². The Morgan fingerprint density at radius 3 is 2.76 bits per heavy atom. The number of nitrogen functional groups attached to an aromatic ring is 1. The van der Waals surface area contributed by atoms with Gasteiger partial charge in [0.25, 0.3) is 0 Å². The highest BCUT2D eigenvalue weighted by molar-refractivity contribution is 5.95. The molecule has 0 unspecified atom stereocenters. The van der Waals surface area contributed by atoms with Gasteiger partial charge in [0.1, 0.15) is 5.82 Å². The Morgan fingerprint density at radius 1 is 1.19 bits per heavy atom. The summed E-state index contributed by atoms with van der Waals surface area (Å²) in [6.45, 7) is 1.83. The van der Waals surface area contributed by atoms with E-state index in [1.807, 2.05) is 13.0 Å². The summed E-state index contributed by atoms with van der Waals surface area (Å²) < 4.78 is 13.1. The van der Waals surface area contributed by atoms with Crippen molar-refractivity contribution in [1.29, 1.82) is 0 Å². The van der Waals surface area contributed by atoms with Crippen molar-refractivity contribution in [2.45, 2.75) is 19.8 Å².